The molecule has 8 nitrogen and oxygen atoms in total. The van der Waals surface area contributed by atoms with Gasteiger partial charge in [-0.25, -0.2) is 12.7 Å². The Morgan fingerprint density at radius 2 is 1.64 bits per heavy atom. The summed E-state index contributed by atoms with van der Waals surface area (Å²) < 4.78 is 27.0. The Morgan fingerprint density at radius 1 is 0.949 bits per heavy atom. The van der Waals surface area contributed by atoms with Crippen LogP contribution in [0, 0.1) is 6.92 Å². The highest BCUT2D eigenvalue weighted by Crippen LogP contribution is 2.30. The van der Waals surface area contributed by atoms with Crippen LogP contribution in [0.2, 0.25) is 0 Å². The highest BCUT2D eigenvalue weighted by Gasteiger charge is 2.43. The molecule has 1 N–H and O–H groups in total. The van der Waals surface area contributed by atoms with E-state index in [1.807, 2.05) is 68.4 Å². The number of benzene rings is 3. The molecule has 0 unspecified atom stereocenters. The number of aryl methyl sites for hydroxylation is 1. The minimum Gasteiger partial charge on any atom is -0.354 e. The number of nitrogens with zero attached hydrogens (tertiary/aromatic N) is 2. The van der Waals surface area contributed by atoms with Gasteiger partial charge in [0.2, 0.25) is 11.8 Å². The number of fused-ring (bicyclic) bond motifs is 1. The zero-order chi connectivity index (χ0) is 28.0. The molecule has 0 aliphatic carbocycles. The maximum atomic E-state index is 13.9. The average molecular weight is 548 g/mol. The number of carbonyl (C=O) groups excluding carboxylic acids is 3. The zero-order valence-corrected chi connectivity index (χ0v) is 23.0. The van der Waals surface area contributed by atoms with Gasteiger partial charge < -0.3 is 10.2 Å². The highest BCUT2D eigenvalue weighted by atomic mass is 32.2. The van der Waals surface area contributed by atoms with E-state index < -0.39 is 34.4 Å². The SMILES string of the molecule is CCCCNC(=O)[C@H](Cc1ccccc1)N(Cc1cccc(C)c1)C(=O)CN1C(=O)c2ccccc2S1(=O)=O. The first-order chi connectivity index (χ1) is 18.7. The van der Waals surface area contributed by atoms with Crippen LogP contribution in [0.15, 0.2) is 83.8 Å². The van der Waals surface area contributed by atoms with Crippen LogP contribution in [0.25, 0.3) is 0 Å². The van der Waals surface area contributed by atoms with Crippen LogP contribution in [0.4, 0.5) is 0 Å². The lowest BCUT2D eigenvalue weighted by molar-refractivity contribution is -0.141. The molecule has 0 bridgehead atoms. The Kier molecular flexibility index (Phi) is 8.81. The fraction of sp³-hybridized carbons (Fsp3) is 0.300. The Hall–Kier alpha value is -3.98. The van der Waals surface area contributed by atoms with E-state index in [2.05, 4.69) is 5.32 Å². The normalized spacial score (nSPS) is 14.5. The zero-order valence-electron chi connectivity index (χ0n) is 22.2. The molecule has 1 aliphatic rings. The van der Waals surface area contributed by atoms with Gasteiger partial charge in [-0.15, -0.1) is 0 Å². The summed E-state index contributed by atoms with van der Waals surface area (Å²) in [7, 11) is -4.19. The fourth-order valence-corrected chi connectivity index (χ4v) is 6.19. The van der Waals surface area contributed by atoms with E-state index in [0.717, 1.165) is 29.5 Å². The number of unbranched alkanes of at least 4 members (excludes halogenated alkanes) is 1. The van der Waals surface area contributed by atoms with Gasteiger partial charge in [0, 0.05) is 19.5 Å². The highest BCUT2D eigenvalue weighted by molar-refractivity contribution is 7.90. The van der Waals surface area contributed by atoms with E-state index in [1.54, 1.807) is 6.07 Å². The molecule has 0 radical (unpaired) electrons. The Labute approximate surface area is 229 Å². The molecule has 0 saturated heterocycles. The predicted octanol–water partition coefficient (Wildman–Crippen LogP) is 3.70. The molecular weight excluding hydrogens is 514 g/mol. The van der Waals surface area contributed by atoms with Crippen LogP contribution in [0.5, 0.6) is 0 Å². The summed E-state index contributed by atoms with van der Waals surface area (Å²) in [6.07, 6.45) is 1.91. The van der Waals surface area contributed by atoms with Crippen molar-refractivity contribution in [2.45, 2.75) is 50.6 Å². The molecule has 4 rings (SSSR count). The number of amides is 3. The van der Waals surface area contributed by atoms with Crippen molar-refractivity contribution in [2.75, 3.05) is 13.1 Å². The quantitative estimate of drug-likeness (QED) is 0.369. The van der Waals surface area contributed by atoms with Crippen molar-refractivity contribution in [3.8, 4) is 0 Å². The summed E-state index contributed by atoms with van der Waals surface area (Å²) in [4.78, 5) is 41.8. The number of hydrogen-bond donors (Lipinski definition) is 1. The van der Waals surface area contributed by atoms with Gasteiger partial charge in [0.15, 0.2) is 0 Å². The van der Waals surface area contributed by atoms with Crippen molar-refractivity contribution in [1.29, 1.82) is 0 Å². The third-order valence-electron chi connectivity index (χ3n) is 6.73. The van der Waals surface area contributed by atoms with Gasteiger partial charge in [0.1, 0.15) is 17.5 Å². The van der Waals surface area contributed by atoms with E-state index in [0.29, 0.717) is 10.8 Å². The van der Waals surface area contributed by atoms with Gasteiger partial charge in [0.05, 0.1) is 5.56 Å². The van der Waals surface area contributed by atoms with Crippen LogP contribution in [0.1, 0.15) is 46.8 Å². The summed E-state index contributed by atoms with van der Waals surface area (Å²) in [5.74, 6) is -1.71. The monoisotopic (exact) mass is 547 g/mol. The van der Waals surface area contributed by atoms with Crippen LogP contribution >= 0.6 is 0 Å². The minimum absolute atomic E-state index is 0.0358. The lowest BCUT2D eigenvalue weighted by Gasteiger charge is -2.32. The number of nitrogens with one attached hydrogen (secondary N) is 1. The van der Waals surface area contributed by atoms with Crippen LogP contribution in [0.3, 0.4) is 0 Å². The van der Waals surface area contributed by atoms with Gasteiger partial charge in [-0.3, -0.25) is 14.4 Å². The molecule has 1 atom stereocenters. The van der Waals surface area contributed by atoms with E-state index in [9.17, 15) is 22.8 Å². The van der Waals surface area contributed by atoms with Gasteiger partial charge >= 0.3 is 0 Å². The second-order valence-corrected chi connectivity index (χ2v) is 11.5. The average Bonchev–Trinajstić information content (AvgIpc) is 3.12. The van der Waals surface area contributed by atoms with Gasteiger partial charge in [0.25, 0.3) is 15.9 Å². The van der Waals surface area contributed by atoms with Gasteiger partial charge in [-0.05, 0) is 36.6 Å². The largest absolute Gasteiger partial charge is 0.354 e. The predicted molar refractivity (Wildman–Crippen MR) is 148 cm³/mol. The second kappa shape index (κ2) is 12.3. The molecule has 0 spiro atoms. The molecular formula is C30H33N3O5S. The lowest BCUT2D eigenvalue weighted by atomic mass is 10.0. The summed E-state index contributed by atoms with van der Waals surface area (Å²) in [6.45, 7) is 3.79. The van der Waals surface area contributed by atoms with E-state index in [-0.39, 0.29) is 29.3 Å². The topological polar surface area (TPSA) is 104 Å². The Balaban J connectivity index is 1.70. The first-order valence-corrected chi connectivity index (χ1v) is 14.5. The van der Waals surface area contributed by atoms with Crippen LogP contribution in [-0.2, 0) is 32.6 Å². The maximum absolute atomic E-state index is 13.9. The Morgan fingerprint density at radius 3 is 2.33 bits per heavy atom. The van der Waals surface area contributed by atoms with Crippen molar-refractivity contribution in [1.82, 2.24) is 14.5 Å². The summed E-state index contributed by atoms with van der Waals surface area (Å²) in [5.41, 5.74) is 2.67. The van der Waals surface area contributed by atoms with Crippen LogP contribution in [-0.4, -0.2) is 54.5 Å². The third-order valence-corrected chi connectivity index (χ3v) is 8.51. The number of sulfonamides is 1. The number of carbonyl (C=O) groups is 3. The van der Waals surface area contributed by atoms with Crippen molar-refractivity contribution in [3.05, 3.63) is 101 Å². The van der Waals surface area contributed by atoms with Crippen LogP contribution < -0.4 is 5.32 Å². The van der Waals surface area contributed by atoms with Crippen molar-refractivity contribution in [2.24, 2.45) is 0 Å². The minimum atomic E-state index is -4.19. The first-order valence-electron chi connectivity index (χ1n) is 13.0. The second-order valence-electron chi connectivity index (χ2n) is 9.67. The molecule has 0 aromatic heterocycles. The molecule has 0 fully saturated rings. The maximum Gasteiger partial charge on any atom is 0.269 e. The molecule has 39 heavy (non-hydrogen) atoms. The molecule has 1 heterocycles. The van der Waals surface area contributed by atoms with E-state index in [1.165, 1.54) is 23.1 Å². The fourth-order valence-electron chi connectivity index (χ4n) is 4.67. The van der Waals surface area contributed by atoms with E-state index in [4.69, 9.17) is 0 Å². The van der Waals surface area contributed by atoms with E-state index >= 15 is 0 Å². The summed E-state index contributed by atoms with van der Waals surface area (Å²) in [5, 5.41) is 2.94. The number of rotatable bonds is 11. The molecule has 3 aromatic carbocycles. The standard InChI is InChI=1S/C30H33N3O5S/c1-3-4-17-31-29(35)26(19-23-12-6-5-7-13-23)32(20-24-14-10-11-22(2)18-24)28(34)21-33-30(36)25-15-8-9-16-27(25)39(33,37)38/h5-16,18,26H,3-4,17,19-21H2,1-2H3,(H,31,35)/t26-/m0/s1. The number of hydrogen-bond acceptors (Lipinski definition) is 5. The molecule has 1 aliphatic heterocycles. The molecule has 204 valence electrons. The summed E-state index contributed by atoms with van der Waals surface area (Å²) >= 11 is 0. The third kappa shape index (κ3) is 6.37. The smallest absolute Gasteiger partial charge is 0.269 e. The van der Waals surface area contributed by atoms with Gasteiger partial charge in [-0.2, -0.15) is 0 Å². The van der Waals surface area contributed by atoms with Gasteiger partial charge in [-0.1, -0.05) is 85.6 Å². The first kappa shape index (κ1) is 28.0. The molecule has 3 aromatic rings. The van der Waals surface area contributed by atoms with Crippen molar-refractivity contribution in [3.63, 3.8) is 0 Å². The lowest BCUT2D eigenvalue weighted by Crippen LogP contribution is -2.53. The van der Waals surface area contributed by atoms with Crippen molar-refractivity contribution < 1.29 is 22.8 Å². The molecule has 9 heteroatoms. The van der Waals surface area contributed by atoms with Crippen molar-refractivity contribution >= 4 is 27.7 Å². The molecule has 0 saturated carbocycles. The Bertz CT molecular complexity index is 1460. The summed E-state index contributed by atoms with van der Waals surface area (Å²) in [6, 6.07) is 21.9. The molecule has 3 amide bonds.